The van der Waals surface area contributed by atoms with Crippen molar-refractivity contribution in [2.75, 3.05) is 19.0 Å². The molecule has 0 aliphatic heterocycles. The Morgan fingerprint density at radius 3 is 2.45 bits per heavy atom. The van der Waals surface area contributed by atoms with Crippen molar-refractivity contribution in [1.29, 1.82) is 5.26 Å². The molecule has 3 aromatic carbocycles. The zero-order valence-corrected chi connectivity index (χ0v) is 24.2. The van der Waals surface area contributed by atoms with Gasteiger partial charge in [-0.05, 0) is 77.3 Å². The molecule has 1 atom stereocenters. The van der Waals surface area contributed by atoms with Gasteiger partial charge in [0.05, 0.1) is 35.1 Å². The van der Waals surface area contributed by atoms with Crippen LogP contribution in [0.2, 0.25) is 0 Å². The molecule has 1 amide bonds. The molecule has 0 saturated carbocycles. The minimum absolute atomic E-state index is 0.0302. The van der Waals surface area contributed by atoms with E-state index in [9.17, 15) is 14.9 Å². The minimum Gasteiger partial charge on any atom is -0.497 e. The summed E-state index contributed by atoms with van der Waals surface area (Å²) in [7, 11) is 1.64. The molecule has 1 aromatic heterocycles. The van der Waals surface area contributed by atoms with Crippen molar-refractivity contribution in [2.45, 2.75) is 33.6 Å². The summed E-state index contributed by atoms with van der Waals surface area (Å²) in [5, 5.41) is 12.7. The molecule has 7 heteroatoms. The first-order chi connectivity index (χ1) is 20.2. The molecular weight excluding hydrogens is 526 g/mol. The first-order valence-corrected chi connectivity index (χ1v) is 13.9. The second kappa shape index (κ2) is 11.9. The number of aromatic nitrogens is 1. The third-order valence-electron chi connectivity index (χ3n) is 7.76. The monoisotopic (exact) mass is 559 g/mol. The fourth-order valence-corrected chi connectivity index (χ4v) is 5.35. The number of nitriles is 1. The number of benzene rings is 3. The van der Waals surface area contributed by atoms with Crippen molar-refractivity contribution in [1.82, 2.24) is 4.98 Å². The Labute approximate surface area is 245 Å². The van der Waals surface area contributed by atoms with Gasteiger partial charge in [0.2, 0.25) is 0 Å². The number of pyridine rings is 1. The van der Waals surface area contributed by atoms with Gasteiger partial charge in [-0.2, -0.15) is 5.26 Å². The van der Waals surface area contributed by atoms with Crippen LogP contribution in [0.3, 0.4) is 0 Å². The largest absolute Gasteiger partial charge is 0.497 e. The van der Waals surface area contributed by atoms with Gasteiger partial charge in [0.25, 0.3) is 5.91 Å². The van der Waals surface area contributed by atoms with E-state index in [1.807, 2.05) is 54.6 Å². The summed E-state index contributed by atoms with van der Waals surface area (Å²) < 4.78 is 10.9. The Balaban J connectivity index is 1.54. The number of amides is 1. The lowest BCUT2D eigenvalue weighted by Crippen LogP contribution is -2.29. The lowest BCUT2D eigenvalue weighted by atomic mass is 9.69. The van der Waals surface area contributed by atoms with Crippen molar-refractivity contribution in [3.63, 3.8) is 0 Å². The normalized spacial score (nSPS) is 15.5. The molecule has 0 bridgehead atoms. The Kier molecular flexibility index (Phi) is 8.08. The SMILES string of the molecule is COc1ccc(/C=C2/C[C@@H](C(C)(C)C)Cc3c2nc2ccccc2c3C(=O)OCC(=O)Nc2ccccc2C#N)cc1. The van der Waals surface area contributed by atoms with Crippen LogP contribution in [-0.4, -0.2) is 30.6 Å². The number of anilines is 1. The topological polar surface area (TPSA) is 101 Å². The maximum atomic E-state index is 13.8. The Morgan fingerprint density at radius 2 is 1.74 bits per heavy atom. The number of carbonyl (C=O) groups excluding carboxylic acids is 2. The second-order valence-corrected chi connectivity index (χ2v) is 11.5. The van der Waals surface area contributed by atoms with Gasteiger partial charge < -0.3 is 14.8 Å². The third-order valence-corrected chi connectivity index (χ3v) is 7.76. The highest BCUT2D eigenvalue weighted by Gasteiger charge is 2.35. The first-order valence-electron chi connectivity index (χ1n) is 13.9. The van der Waals surface area contributed by atoms with Crippen LogP contribution in [0.25, 0.3) is 22.6 Å². The zero-order chi connectivity index (χ0) is 29.9. The van der Waals surface area contributed by atoms with Crippen molar-refractivity contribution < 1.29 is 19.1 Å². The molecule has 5 rings (SSSR count). The number of fused-ring (bicyclic) bond motifs is 2. The standard InChI is InChI=1S/C35H33N3O4/c1-35(2,3)25-18-24(17-22-13-15-26(41-4)16-14-22)33-28(19-25)32(27-10-6-8-12-30(27)38-33)34(40)42-21-31(39)37-29-11-7-5-9-23(29)20-36/h5-17,25H,18-19,21H2,1-4H3,(H,37,39)/b24-17-/t25-/m1/s1. The summed E-state index contributed by atoms with van der Waals surface area (Å²) in [5.74, 6) is -0.0734. The summed E-state index contributed by atoms with van der Waals surface area (Å²) in [6.07, 6.45) is 3.60. The molecule has 212 valence electrons. The number of para-hydroxylation sites is 2. The molecule has 42 heavy (non-hydrogen) atoms. The molecule has 0 saturated heterocycles. The summed E-state index contributed by atoms with van der Waals surface area (Å²) in [4.78, 5) is 31.6. The van der Waals surface area contributed by atoms with Crippen molar-refractivity contribution in [2.24, 2.45) is 11.3 Å². The van der Waals surface area contributed by atoms with E-state index in [1.165, 1.54) is 0 Å². The number of ether oxygens (including phenoxy) is 2. The minimum atomic E-state index is -0.577. The fraction of sp³-hybridized carbons (Fsp3) is 0.257. The predicted octanol–water partition coefficient (Wildman–Crippen LogP) is 7.06. The molecule has 1 aliphatic carbocycles. The number of carbonyl (C=O) groups is 2. The predicted molar refractivity (Wildman–Crippen MR) is 164 cm³/mol. The molecule has 0 fully saturated rings. The summed E-state index contributed by atoms with van der Waals surface area (Å²) in [6, 6.07) is 24.1. The van der Waals surface area contributed by atoms with Crippen molar-refractivity contribution in [3.05, 3.63) is 101 Å². The fourth-order valence-electron chi connectivity index (χ4n) is 5.35. The van der Waals surface area contributed by atoms with E-state index in [1.54, 1.807) is 31.4 Å². The molecule has 4 aromatic rings. The average Bonchev–Trinajstić information content (AvgIpc) is 2.99. The highest BCUT2D eigenvalue weighted by Crippen LogP contribution is 2.45. The lowest BCUT2D eigenvalue weighted by Gasteiger charge is -2.36. The van der Waals surface area contributed by atoms with Crippen LogP contribution in [0.4, 0.5) is 5.69 Å². The summed E-state index contributed by atoms with van der Waals surface area (Å²) in [6.45, 7) is 6.15. The van der Waals surface area contributed by atoms with E-state index in [-0.39, 0.29) is 11.3 Å². The number of nitrogens with one attached hydrogen (secondary N) is 1. The number of allylic oxidation sites excluding steroid dienone is 1. The van der Waals surface area contributed by atoms with E-state index < -0.39 is 18.5 Å². The molecule has 0 spiro atoms. The van der Waals surface area contributed by atoms with E-state index in [0.717, 1.165) is 34.6 Å². The Hall–Kier alpha value is -4.96. The molecule has 0 radical (unpaired) electrons. The van der Waals surface area contributed by atoms with Crippen LogP contribution >= 0.6 is 0 Å². The smallest absolute Gasteiger partial charge is 0.339 e. The van der Waals surface area contributed by atoms with E-state index in [4.69, 9.17) is 14.5 Å². The van der Waals surface area contributed by atoms with Crippen molar-refractivity contribution in [3.8, 4) is 11.8 Å². The molecule has 1 N–H and O–H groups in total. The number of hydrogen-bond acceptors (Lipinski definition) is 6. The highest BCUT2D eigenvalue weighted by molar-refractivity contribution is 6.07. The van der Waals surface area contributed by atoms with Crippen LogP contribution < -0.4 is 10.1 Å². The molecule has 0 unspecified atom stereocenters. The van der Waals surface area contributed by atoms with Gasteiger partial charge in [-0.25, -0.2) is 9.78 Å². The van der Waals surface area contributed by atoms with Gasteiger partial charge in [-0.15, -0.1) is 0 Å². The van der Waals surface area contributed by atoms with Crippen molar-refractivity contribution >= 4 is 40.1 Å². The van der Waals surface area contributed by atoms with Gasteiger partial charge in [-0.3, -0.25) is 4.79 Å². The Bertz CT molecular complexity index is 1730. The van der Waals surface area contributed by atoms with Crippen LogP contribution in [0.15, 0.2) is 72.8 Å². The molecule has 1 aliphatic rings. The first kappa shape index (κ1) is 28.6. The maximum absolute atomic E-state index is 13.8. The number of rotatable bonds is 6. The lowest BCUT2D eigenvalue weighted by molar-refractivity contribution is -0.119. The van der Waals surface area contributed by atoms with Crippen LogP contribution in [0.5, 0.6) is 5.75 Å². The van der Waals surface area contributed by atoms with Crippen LogP contribution in [0.1, 0.15) is 59.9 Å². The summed E-state index contributed by atoms with van der Waals surface area (Å²) >= 11 is 0. The molecule has 7 nitrogen and oxygen atoms in total. The van der Waals surface area contributed by atoms with Gasteiger partial charge in [0.1, 0.15) is 11.8 Å². The Morgan fingerprint density at radius 1 is 1.02 bits per heavy atom. The van der Waals surface area contributed by atoms with Crippen LogP contribution in [-0.2, 0) is 16.0 Å². The van der Waals surface area contributed by atoms with Gasteiger partial charge in [0, 0.05) is 5.39 Å². The quantitative estimate of drug-likeness (QED) is 0.254. The number of methoxy groups -OCH3 is 1. The zero-order valence-electron chi connectivity index (χ0n) is 24.2. The number of hydrogen-bond donors (Lipinski definition) is 1. The number of nitrogens with zero attached hydrogens (tertiary/aromatic N) is 2. The maximum Gasteiger partial charge on any atom is 0.339 e. The summed E-state index contributed by atoms with van der Waals surface area (Å²) in [5.41, 5.74) is 5.47. The second-order valence-electron chi connectivity index (χ2n) is 11.5. The van der Waals surface area contributed by atoms with E-state index in [0.29, 0.717) is 34.1 Å². The van der Waals surface area contributed by atoms with E-state index in [2.05, 4.69) is 32.2 Å². The van der Waals surface area contributed by atoms with Crippen LogP contribution in [0, 0.1) is 22.7 Å². The van der Waals surface area contributed by atoms with E-state index >= 15 is 0 Å². The third kappa shape index (κ3) is 6.03. The molecular formula is C35H33N3O4. The molecule has 1 heterocycles. The van der Waals surface area contributed by atoms with Gasteiger partial charge in [0.15, 0.2) is 6.61 Å². The van der Waals surface area contributed by atoms with Gasteiger partial charge in [-0.1, -0.05) is 63.2 Å². The average molecular weight is 560 g/mol. The highest BCUT2D eigenvalue weighted by atomic mass is 16.5. The van der Waals surface area contributed by atoms with Gasteiger partial charge >= 0.3 is 5.97 Å². The number of esters is 1.